The quantitative estimate of drug-likeness (QED) is 0.709. The molecule has 2 aromatic rings. The summed E-state index contributed by atoms with van der Waals surface area (Å²) in [4.78, 5) is 8.15. The molecule has 0 spiro atoms. The van der Waals surface area contributed by atoms with E-state index in [4.69, 9.17) is 11.5 Å². The van der Waals surface area contributed by atoms with E-state index in [1.165, 1.54) is 0 Å². The Morgan fingerprint density at radius 1 is 1.36 bits per heavy atom. The van der Waals surface area contributed by atoms with Gasteiger partial charge in [0.2, 0.25) is 0 Å². The molecule has 0 fully saturated rings. The zero-order chi connectivity index (χ0) is 10.3. The summed E-state index contributed by atoms with van der Waals surface area (Å²) in [6.45, 7) is 4.15. The van der Waals surface area contributed by atoms with E-state index in [0.717, 1.165) is 5.52 Å². The number of nitrogens with two attached hydrogens (primary N) is 2. The van der Waals surface area contributed by atoms with Crippen molar-refractivity contribution in [3.63, 3.8) is 0 Å². The molecule has 0 bridgehead atoms. The van der Waals surface area contributed by atoms with E-state index in [-0.39, 0.29) is 0 Å². The molecule has 0 aliphatic heterocycles. The molecule has 0 radical (unpaired) electrons. The van der Waals surface area contributed by atoms with E-state index in [0.29, 0.717) is 23.2 Å². The molecule has 0 aliphatic rings. The Bertz CT molecular complexity index is 471. The number of fused-ring (bicyclic) bond motifs is 1. The van der Waals surface area contributed by atoms with Crippen molar-refractivity contribution in [1.29, 1.82) is 0 Å². The normalized spacial score (nSPS) is 11.4. The Morgan fingerprint density at radius 2 is 2.07 bits per heavy atom. The van der Waals surface area contributed by atoms with Gasteiger partial charge in [0.05, 0.1) is 11.8 Å². The molecule has 5 nitrogen and oxygen atoms in total. The monoisotopic (exact) mass is 191 g/mol. The number of hydrogen-bond donors (Lipinski definition) is 2. The number of rotatable bonds is 1. The van der Waals surface area contributed by atoms with E-state index in [1.54, 1.807) is 12.4 Å². The van der Waals surface area contributed by atoms with Gasteiger partial charge >= 0.3 is 0 Å². The highest BCUT2D eigenvalue weighted by Crippen LogP contribution is 2.22. The fourth-order valence-corrected chi connectivity index (χ4v) is 1.49. The van der Waals surface area contributed by atoms with Gasteiger partial charge in [-0.25, -0.2) is 9.97 Å². The van der Waals surface area contributed by atoms with Crippen LogP contribution in [0.25, 0.3) is 11.0 Å². The largest absolute Gasteiger partial charge is 0.384 e. The molecule has 0 saturated carbocycles. The minimum atomic E-state index is 0.334. The van der Waals surface area contributed by atoms with Gasteiger partial charge in [-0.05, 0) is 13.8 Å². The Kier molecular flexibility index (Phi) is 1.80. The van der Waals surface area contributed by atoms with Crippen molar-refractivity contribution < 1.29 is 0 Å². The molecule has 4 N–H and O–H groups in total. The lowest BCUT2D eigenvalue weighted by Crippen LogP contribution is -2.01. The topological polar surface area (TPSA) is 82.8 Å². The fraction of sp³-hybridized carbons (Fsp3) is 0.333. The number of nitrogens with zero attached hydrogens (tertiary/aromatic N) is 3. The zero-order valence-electron chi connectivity index (χ0n) is 8.23. The Balaban J connectivity index is 2.78. The summed E-state index contributed by atoms with van der Waals surface area (Å²) in [5.74, 6) is 0.816. The van der Waals surface area contributed by atoms with Crippen LogP contribution in [-0.4, -0.2) is 14.5 Å². The van der Waals surface area contributed by atoms with Crippen LogP contribution in [0.5, 0.6) is 0 Å². The predicted molar refractivity (Wildman–Crippen MR) is 56.7 cm³/mol. The van der Waals surface area contributed by atoms with Crippen molar-refractivity contribution in [2.45, 2.75) is 19.9 Å². The van der Waals surface area contributed by atoms with Crippen LogP contribution in [0.1, 0.15) is 19.9 Å². The average Bonchev–Trinajstić information content (AvgIpc) is 2.47. The number of nitrogen functional groups attached to an aromatic ring is 2. The zero-order valence-corrected chi connectivity index (χ0v) is 8.23. The van der Waals surface area contributed by atoms with Gasteiger partial charge in [-0.15, -0.1) is 0 Å². The molecule has 2 heterocycles. The second-order valence-corrected chi connectivity index (χ2v) is 3.55. The third-order valence-electron chi connectivity index (χ3n) is 2.17. The smallest absolute Gasteiger partial charge is 0.154 e. The van der Waals surface area contributed by atoms with Crippen LogP contribution < -0.4 is 11.5 Å². The summed E-state index contributed by atoms with van der Waals surface area (Å²) in [5, 5.41) is 0. The van der Waals surface area contributed by atoms with Crippen molar-refractivity contribution in [1.82, 2.24) is 14.5 Å². The van der Waals surface area contributed by atoms with Gasteiger partial charge in [0.15, 0.2) is 5.82 Å². The van der Waals surface area contributed by atoms with Crippen molar-refractivity contribution in [2.75, 3.05) is 11.5 Å². The second-order valence-electron chi connectivity index (χ2n) is 3.55. The molecule has 74 valence electrons. The molecule has 5 heteroatoms. The van der Waals surface area contributed by atoms with Gasteiger partial charge in [0, 0.05) is 12.1 Å². The third-order valence-corrected chi connectivity index (χ3v) is 2.17. The molecular weight excluding hydrogens is 178 g/mol. The minimum absolute atomic E-state index is 0.334. The second kappa shape index (κ2) is 2.87. The molecular formula is C9H13N5. The highest BCUT2D eigenvalue weighted by molar-refractivity contribution is 5.87. The number of hydrogen-bond acceptors (Lipinski definition) is 4. The van der Waals surface area contributed by atoms with Crippen LogP contribution in [0.2, 0.25) is 0 Å². The Morgan fingerprint density at radius 3 is 2.71 bits per heavy atom. The highest BCUT2D eigenvalue weighted by Gasteiger charge is 2.09. The summed E-state index contributed by atoms with van der Waals surface area (Å²) in [6.07, 6.45) is 1.76. The van der Waals surface area contributed by atoms with Crippen LogP contribution in [0.3, 0.4) is 0 Å². The lowest BCUT2D eigenvalue weighted by molar-refractivity contribution is 0.617. The number of aromatic nitrogens is 3. The third kappa shape index (κ3) is 1.17. The molecule has 0 aliphatic carbocycles. The lowest BCUT2D eigenvalue weighted by atomic mass is 10.3. The fourth-order valence-electron chi connectivity index (χ4n) is 1.49. The molecule has 0 aromatic carbocycles. The summed E-state index contributed by atoms with van der Waals surface area (Å²) in [5.41, 5.74) is 13.0. The van der Waals surface area contributed by atoms with E-state index in [9.17, 15) is 0 Å². The summed E-state index contributed by atoms with van der Waals surface area (Å²) in [7, 11) is 0. The highest BCUT2D eigenvalue weighted by atomic mass is 15.1. The number of pyridine rings is 1. The molecule has 2 rings (SSSR count). The van der Waals surface area contributed by atoms with Crippen LogP contribution in [-0.2, 0) is 0 Å². The lowest BCUT2D eigenvalue weighted by Gasteiger charge is -2.08. The predicted octanol–water partition coefficient (Wildman–Crippen LogP) is 1.18. The van der Waals surface area contributed by atoms with Crippen LogP contribution >= 0.6 is 0 Å². The maximum Gasteiger partial charge on any atom is 0.154 e. The van der Waals surface area contributed by atoms with Gasteiger partial charge in [0.1, 0.15) is 11.3 Å². The minimum Gasteiger partial charge on any atom is -0.384 e. The summed E-state index contributed by atoms with van der Waals surface area (Å²) >= 11 is 0. The Labute approximate surface area is 81.7 Å². The van der Waals surface area contributed by atoms with E-state index in [2.05, 4.69) is 23.8 Å². The van der Waals surface area contributed by atoms with Gasteiger partial charge in [-0.3, -0.25) is 0 Å². The van der Waals surface area contributed by atoms with E-state index >= 15 is 0 Å². The van der Waals surface area contributed by atoms with Gasteiger partial charge in [-0.1, -0.05) is 0 Å². The van der Waals surface area contributed by atoms with Crippen molar-refractivity contribution in [2.24, 2.45) is 0 Å². The average molecular weight is 191 g/mol. The first-order chi connectivity index (χ1) is 6.59. The molecule has 0 unspecified atom stereocenters. The first kappa shape index (κ1) is 8.80. The van der Waals surface area contributed by atoms with E-state index in [1.807, 2.05) is 4.57 Å². The summed E-state index contributed by atoms with van der Waals surface area (Å²) in [6, 6.07) is 2.12. The Hall–Kier alpha value is -1.78. The first-order valence-corrected chi connectivity index (χ1v) is 4.48. The summed E-state index contributed by atoms with van der Waals surface area (Å²) < 4.78 is 2.02. The number of imidazole rings is 1. The van der Waals surface area contributed by atoms with Gasteiger partial charge in [0.25, 0.3) is 0 Å². The molecule has 0 atom stereocenters. The van der Waals surface area contributed by atoms with E-state index < -0.39 is 0 Å². The van der Waals surface area contributed by atoms with Crippen LogP contribution in [0.4, 0.5) is 11.6 Å². The standard InChI is InChI=1S/C9H13N5/c1-5(2)14-4-12-8-6(14)3-7(10)13-9(8)11/h3-5H,1-2H3,(H4,10,11,13). The number of anilines is 2. The maximum absolute atomic E-state index is 5.70. The molecule has 0 amide bonds. The van der Waals surface area contributed by atoms with Gasteiger partial charge < -0.3 is 16.0 Å². The molecule has 2 aromatic heterocycles. The maximum atomic E-state index is 5.70. The van der Waals surface area contributed by atoms with Gasteiger partial charge in [-0.2, -0.15) is 0 Å². The molecule has 0 saturated heterocycles. The first-order valence-electron chi connectivity index (χ1n) is 4.48. The van der Waals surface area contributed by atoms with Crippen molar-refractivity contribution in [3.05, 3.63) is 12.4 Å². The molecule has 14 heavy (non-hydrogen) atoms. The van der Waals surface area contributed by atoms with Crippen molar-refractivity contribution >= 4 is 22.7 Å². The SMILES string of the molecule is CC(C)n1cnc2c(N)nc(N)cc21. The van der Waals surface area contributed by atoms with Crippen LogP contribution in [0.15, 0.2) is 12.4 Å². The van der Waals surface area contributed by atoms with Crippen LogP contribution in [0, 0.1) is 0 Å². The van der Waals surface area contributed by atoms with Crippen molar-refractivity contribution in [3.8, 4) is 0 Å².